The van der Waals surface area contributed by atoms with E-state index in [-0.39, 0.29) is 0 Å². The van der Waals surface area contributed by atoms with E-state index in [1.807, 2.05) is 6.92 Å². The number of hydrogen-bond donors (Lipinski definition) is 2. The summed E-state index contributed by atoms with van der Waals surface area (Å²) in [6.45, 7) is 2.54. The van der Waals surface area contributed by atoms with E-state index in [0.717, 1.165) is 25.7 Å². The summed E-state index contributed by atoms with van der Waals surface area (Å²) < 4.78 is 5.52. The van der Waals surface area contributed by atoms with E-state index in [2.05, 4.69) is 10.2 Å². The lowest BCUT2D eigenvalue weighted by Crippen LogP contribution is -2.32. The van der Waals surface area contributed by atoms with Gasteiger partial charge in [0, 0.05) is 0 Å². The Kier molecular flexibility index (Phi) is 3.30. The van der Waals surface area contributed by atoms with Gasteiger partial charge < -0.3 is 15.6 Å². The number of ether oxygens (including phenoxy) is 1. The third-order valence-electron chi connectivity index (χ3n) is 3.05. The fraction of sp³-hybridized carbons (Fsp3) is 0.800. The number of anilines is 1. The summed E-state index contributed by atoms with van der Waals surface area (Å²) in [6, 6.07) is 0. The van der Waals surface area contributed by atoms with Crippen LogP contribution in [0.2, 0.25) is 0 Å². The molecule has 0 aliphatic heterocycles. The molecule has 1 aromatic heterocycles. The average molecular weight is 243 g/mol. The minimum atomic E-state index is -0.482. The molecule has 6 heteroatoms. The number of nitrogen functional groups attached to an aromatic ring is 1. The Morgan fingerprint density at radius 2 is 2.19 bits per heavy atom. The van der Waals surface area contributed by atoms with Gasteiger partial charge in [-0.3, -0.25) is 0 Å². The zero-order valence-electron chi connectivity index (χ0n) is 9.35. The number of hydrogen-bond acceptors (Lipinski definition) is 6. The molecule has 90 valence electrons. The molecule has 2 rings (SSSR count). The number of aromatic nitrogens is 2. The highest BCUT2D eigenvalue weighted by Crippen LogP contribution is 2.32. The van der Waals surface area contributed by atoms with Crippen molar-refractivity contribution in [1.82, 2.24) is 10.2 Å². The SMILES string of the molecule is C[C@]1(O)CC[C@@H](COc2nnc(N)s2)CC1. The molecular formula is C10H17N3O2S. The lowest BCUT2D eigenvalue weighted by Gasteiger charge is -2.32. The minimum Gasteiger partial charge on any atom is -0.469 e. The van der Waals surface area contributed by atoms with Crippen LogP contribution in [0.25, 0.3) is 0 Å². The van der Waals surface area contributed by atoms with E-state index in [1.54, 1.807) is 0 Å². The smallest absolute Gasteiger partial charge is 0.295 e. The maximum Gasteiger partial charge on any atom is 0.295 e. The van der Waals surface area contributed by atoms with E-state index >= 15 is 0 Å². The topological polar surface area (TPSA) is 81.3 Å². The highest BCUT2D eigenvalue weighted by molar-refractivity contribution is 7.16. The lowest BCUT2D eigenvalue weighted by atomic mass is 9.80. The Hall–Kier alpha value is -0.880. The summed E-state index contributed by atoms with van der Waals surface area (Å²) in [5.74, 6) is 0.505. The van der Waals surface area contributed by atoms with Crippen LogP contribution in [-0.4, -0.2) is 27.5 Å². The van der Waals surface area contributed by atoms with E-state index in [9.17, 15) is 5.11 Å². The first-order valence-corrected chi connectivity index (χ1v) is 6.31. The van der Waals surface area contributed by atoms with Crippen LogP contribution in [0.5, 0.6) is 5.19 Å². The first-order chi connectivity index (χ1) is 7.55. The molecule has 0 saturated heterocycles. The molecule has 1 heterocycles. The van der Waals surface area contributed by atoms with Crippen LogP contribution in [0.15, 0.2) is 0 Å². The van der Waals surface area contributed by atoms with E-state index in [1.165, 1.54) is 11.3 Å². The molecule has 1 aliphatic rings. The molecule has 0 unspecified atom stereocenters. The van der Waals surface area contributed by atoms with Crippen LogP contribution < -0.4 is 10.5 Å². The van der Waals surface area contributed by atoms with Crippen LogP contribution >= 0.6 is 11.3 Å². The predicted octanol–water partition coefficient (Wildman–Crippen LogP) is 1.44. The van der Waals surface area contributed by atoms with E-state index in [0.29, 0.717) is 22.9 Å². The van der Waals surface area contributed by atoms with Crippen molar-refractivity contribution in [2.24, 2.45) is 5.92 Å². The quantitative estimate of drug-likeness (QED) is 0.839. The molecular weight excluding hydrogens is 226 g/mol. The first kappa shape index (κ1) is 11.6. The molecule has 0 spiro atoms. The molecule has 0 radical (unpaired) electrons. The van der Waals surface area contributed by atoms with Crippen molar-refractivity contribution in [3.8, 4) is 5.19 Å². The van der Waals surface area contributed by atoms with Crippen molar-refractivity contribution in [2.75, 3.05) is 12.3 Å². The molecule has 0 bridgehead atoms. The molecule has 1 aromatic rings. The van der Waals surface area contributed by atoms with Gasteiger partial charge in [-0.05, 0) is 49.9 Å². The molecule has 3 N–H and O–H groups in total. The van der Waals surface area contributed by atoms with Crippen LogP contribution in [0, 0.1) is 5.92 Å². The molecule has 1 fully saturated rings. The van der Waals surface area contributed by atoms with Crippen molar-refractivity contribution in [2.45, 2.75) is 38.2 Å². The normalized spacial score (nSPS) is 30.2. The fourth-order valence-electron chi connectivity index (χ4n) is 1.93. The number of nitrogens with two attached hydrogens (primary N) is 1. The second-order valence-corrected chi connectivity index (χ2v) is 5.63. The van der Waals surface area contributed by atoms with Gasteiger partial charge in [0.05, 0.1) is 12.2 Å². The molecule has 1 saturated carbocycles. The molecule has 0 atom stereocenters. The molecule has 16 heavy (non-hydrogen) atoms. The van der Waals surface area contributed by atoms with Gasteiger partial charge in [0.25, 0.3) is 5.19 Å². The maximum atomic E-state index is 9.80. The summed E-state index contributed by atoms with van der Waals surface area (Å²) in [5, 5.41) is 18.3. The van der Waals surface area contributed by atoms with Gasteiger partial charge in [-0.2, -0.15) is 0 Å². The van der Waals surface area contributed by atoms with Crippen LogP contribution in [0.1, 0.15) is 32.6 Å². The Bertz CT molecular complexity index is 344. The Morgan fingerprint density at radius 1 is 1.50 bits per heavy atom. The Labute approximate surface area is 98.6 Å². The van der Waals surface area contributed by atoms with E-state index in [4.69, 9.17) is 10.5 Å². The lowest BCUT2D eigenvalue weighted by molar-refractivity contribution is 0.00148. The van der Waals surface area contributed by atoms with Gasteiger partial charge in [-0.15, -0.1) is 5.10 Å². The van der Waals surface area contributed by atoms with Gasteiger partial charge in [-0.1, -0.05) is 5.10 Å². The molecule has 5 nitrogen and oxygen atoms in total. The van der Waals surface area contributed by atoms with Crippen molar-refractivity contribution in [1.29, 1.82) is 0 Å². The molecule has 0 aromatic carbocycles. The Morgan fingerprint density at radius 3 is 2.75 bits per heavy atom. The average Bonchev–Trinajstić information content (AvgIpc) is 2.63. The standard InChI is InChI=1S/C10H17N3O2S/c1-10(14)4-2-7(3-5-10)6-15-9-13-12-8(11)16-9/h7,14H,2-6H2,1H3,(H2,11,12)/t7-,10+. The summed E-state index contributed by atoms with van der Waals surface area (Å²) in [4.78, 5) is 0. The van der Waals surface area contributed by atoms with Crippen molar-refractivity contribution >= 4 is 16.5 Å². The van der Waals surface area contributed by atoms with Crippen LogP contribution in [0.4, 0.5) is 5.13 Å². The number of nitrogens with zero attached hydrogens (tertiary/aromatic N) is 2. The zero-order valence-corrected chi connectivity index (χ0v) is 10.2. The van der Waals surface area contributed by atoms with Gasteiger partial charge in [0.15, 0.2) is 0 Å². The van der Waals surface area contributed by atoms with Crippen LogP contribution in [-0.2, 0) is 0 Å². The summed E-state index contributed by atoms with van der Waals surface area (Å²) in [5.41, 5.74) is 4.97. The fourth-order valence-corrected chi connectivity index (χ4v) is 2.40. The van der Waals surface area contributed by atoms with Crippen LogP contribution in [0.3, 0.4) is 0 Å². The highest BCUT2D eigenvalue weighted by Gasteiger charge is 2.28. The second-order valence-electron chi connectivity index (χ2n) is 4.66. The van der Waals surface area contributed by atoms with E-state index < -0.39 is 5.60 Å². The first-order valence-electron chi connectivity index (χ1n) is 5.49. The minimum absolute atomic E-state index is 0.432. The largest absolute Gasteiger partial charge is 0.469 e. The molecule has 1 aliphatic carbocycles. The van der Waals surface area contributed by atoms with Gasteiger partial charge >= 0.3 is 0 Å². The third kappa shape index (κ3) is 3.05. The number of rotatable bonds is 3. The van der Waals surface area contributed by atoms with Crippen molar-refractivity contribution < 1.29 is 9.84 Å². The number of aliphatic hydroxyl groups is 1. The van der Waals surface area contributed by atoms with Gasteiger partial charge in [0.2, 0.25) is 5.13 Å². The zero-order chi connectivity index (χ0) is 11.6. The summed E-state index contributed by atoms with van der Waals surface area (Å²) in [6.07, 6.45) is 3.70. The van der Waals surface area contributed by atoms with Crippen molar-refractivity contribution in [3.05, 3.63) is 0 Å². The summed E-state index contributed by atoms with van der Waals surface area (Å²) in [7, 11) is 0. The monoisotopic (exact) mass is 243 g/mol. The summed E-state index contributed by atoms with van der Waals surface area (Å²) >= 11 is 1.26. The highest BCUT2D eigenvalue weighted by atomic mass is 32.1. The second kappa shape index (κ2) is 4.55. The molecule has 0 amide bonds. The maximum absolute atomic E-state index is 9.80. The van der Waals surface area contributed by atoms with Gasteiger partial charge in [0.1, 0.15) is 0 Å². The third-order valence-corrected chi connectivity index (χ3v) is 3.71. The van der Waals surface area contributed by atoms with Crippen molar-refractivity contribution in [3.63, 3.8) is 0 Å². The van der Waals surface area contributed by atoms with Gasteiger partial charge in [-0.25, -0.2) is 0 Å². The Balaban J connectivity index is 1.75. The predicted molar refractivity (Wildman–Crippen MR) is 62.4 cm³/mol.